The Kier molecular flexibility index (Phi) is 5.49. The molecule has 0 fully saturated rings. The second-order valence-corrected chi connectivity index (χ2v) is 6.18. The Morgan fingerprint density at radius 2 is 2.08 bits per heavy atom. The first-order chi connectivity index (χ1) is 12.5. The van der Waals surface area contributed by atoms with E-state index in [1.54, 1.807) is 66.5 Å². The van der Waals surface area contributed by atoms with Gasteiger partial charge in [0.15, 0.2) is 0 Å². The molecule has 4 nitrogen and oxygen atoms in total. The number of rotatable bonds is 5. The van der Waals surface area contributed by atoms with Crippen LogP contribution in [-0.4, -0.2) is 15.5 Å². The predicted octanol–water partition coefficient (Wildman–Crippen LogP) is 4.13. The van der Waals surface area contributed by atoms with Crippen LogP contribution in [0.25, 0.3) is 6.08 Å². The first-order valence-corrected chi connectivity index (χ1v) is 8.38. The highest BCUT2D eigenvalue weighted by Gasteiger charge is 2.22. The first kappa shape index (κ1) is 17.9. The molecule has 0 saturated heterocycles. The van der Waals surface area contributed by atoms with Crippen LogP contribution in [0.1, 0.15) is 23.0 Å². The minimum absolute atomic E-state index is 0.353. The third kappa shape index (κ3) is 4.18. The molecular weight excluding hydrogens is 353 g/mol. The van der Waals surface area contributed by atoms with E-state index < -0.39 is 11.9 Å². The van der Waals surface area contributed by atoms with Crippen LogP contribution in [0.15, 0.2) is 67.0 Å². The summed E-state index contributed by atoms with van der Waals surface area (Å²) in [5.41, 5.74) is 1.15. The number of amides is 1. The zero-order valence-corrected chi connectivity index (χ0v) is 14.8. The van der Waals surface area contributed by atoms with Gasteiger partial charge in [0, 0.05) is 36.1 Å². The van der Waals surface area contributed by atoms with Crippen molar-refractivity contribution in [3.63, 3.8) is 0 Å². The number of imidazole rings is 1. The zero-order chi connectivity index (χ0) is 18.5. The van der Waals surface area contributed by atoms with Gasteiger partial charge in [0.2, 0.25) is 5.91 Å². The molecule has 1 heterocycles. The Hall–Kier alpha value is -2.92. The number of halogens is 2. The quantitative estimate of drug-likeness (QED) is 0.687. The number of carbonyl (C=O) groups is 1. The number of hydrogen-bond acceptors (Lipinski definition) is 2. The maximum atomic E-state index is 14.3. The van der Waals surface area contributed by atoms with Gasteiger partial charge in [0.1, 0.15) is 17.7 Å². The molecule has 0 radical (unpaired) electrons. The number of aryl methyl sites for hydroxylation is 1. The molecule has 0 aliphatic carbocycles. The molecular formula is C20H17ClFN3O. The summed E-state index contributed by atoms with van der Waals surface area (Å²) >= 11 is 5.94. The molecule has 0 bridgehead atoms. The first-order valence-electron chi connectivity index (χ1n) is 8.00. The maximum absolute atomic E-state index is 14.3. The summed E-state index contributed by atoms with van der Waals surface area (Å²) in [4.78, 5) is 16.7. The van der Waals surface area contributed by atoms with Crippen molar-refractivity contribution in [2.75, 3.05) is 0 Å². The highest BCUT2D eigenvalue weighted by molar-refractivity contribution is 6.30. The number of nitrogens with zero attached hydrogens (tertiary/aromatic N) is 2. The van der Waals surface area contributed by atoms with Crippen molar-refractivity contribution in [1.82, 2.24) is 14.9 Å². The second kappa shape index (κ2) is 7.97. The molecule has 132 valence electrons. The third-order valence-corrected chi connectivity index (χ3v) is 4.13. The summed E-state index contributed by atoms with van der Waals surface area (Å²) in [6.07, 6.45) is 6.40. The van der Waals surface area contributed by atoms with E-state index in [1.807, 2.05) is 6.07 Å². The zero-order valence-electron chi connectivity index (χ0n) is 14.1. The largest absolute Gasteiger partial charge is 0.338 e. The van der Waals surface area contributed by atoms with Gasteiger partial charge in [-0.3, -0.25) is 4.79 Å². The van der Waals surface area contributed by atoms with Gasteiger partial charge < -0.3 is 9.88 Å². The lowest BCUT2D eigenvalue weighted by Gasteiger charge is -2.18. The van der Waals surface area contributed by atoms with Gasteiger partial charge in [-0.05, 0) is 29.8 Å². The van der Waals surface area contributed by atoms with Crippen LogP contribution in [0.4, 0.5) is 4.39 Å². The van der Waals surface area contributed by atoms with E-state index in [0.29, 0.717) is 16.4 Å². The molecule has 0 spiro atoms. The number of hydrogen-bond donors (Lipinski definition) is 1. The summed E-state index contributed by atoms with van der Waals surface area (Å²) in [7, 11) is 1.80. The van der Waals surface area contributed by atoms with Crippen molar-refractivity contribution >= 4 is 23.6 Å². The third-order valence-electron chi connectivity index (χ3n) is 3.90. The molecule has 6 heteroatoms. The Morgan fingerprint density at radius 3 is 2.77 bits per heavy atom. The molecule has 3 rings (SSSR count). The Bertz CT molecular complexity index is 951. The fourth-order valence-corrected chi connectivity index (χ4v) is 2.82. The fourth-order valence-electron chi connectivity index (χ4n) is 2.62. The SMILES string of the molecule is Cn1ccnc1[C@@H](NC(=O)/C=C/c1cccc(Cl)c1)c1ccccc1F. The summed E-state index contributed by atoms with van der Waals surface area (Å²) < 4.78 is 16.0. The summed E-state index contributed by atoms with van der Waals surface area (Å²) in [6, 6.07) is 12.8. The van der Waals surface area contributed by atoms with Crippen LogP contribution in [0.3, 0.4) is 0 Å². The lowest BCUT2D eigenvalue weighted by atomic mass is 10.1. The highest BCUT2D eigenvalue weighted by atomic mass is 35.5. The van der Waals surface area contributed by atoms with E-state index in [1.165, 1.54) is 12.1 Å². The molecule has 1 amide bonds. The Labute approximate surface area is 155 Å². The molecule has 0 aliphatic heterocycles. The van der Waals surface area contributed by atoms with Gasteiger partial charge in [-0.25, -0.2) is 9.37 Å². The maximum Gasteiger partial charge on any atom is 0.244 e. The van der Waals surface area contributed by atoms with E-state index in [-0.39, 0.29) is 5.91 Å². The van der Waals surface area contributed by atoms with Gasteiger partial charge >= 0.3 is 0 Å². The Morgan fingerprint density at radius 1 is 1.27 bits per heavy atom. The predicted molar refractivity (Wildman–Crippen MR) is 100 cm³/mol. The van der Waals surface area contributed by atoms with E-state index in [9.17, 15) is 9.18 Å². The van der Waals surface area contributed by atoms with Crippen molar-refractivity contribution in [1.29, 1.82) is 0 Å². The molecule has 0 unspecified atom stereocenters. The van der Waals surface area contributed by atoms with Crippen LogP contribution in [-0.2, 0) is 11.8 Å². The molecule has 1 atom stereocenters. The van der Waals surface area contributed by atoms with Crippen molar-refractivity contribution in [3.05, 3.63) is 94.8 Å². The summed E-state index contributed by atoms with van der Waals surface area (Å²) in [6.45, 7) is 0. The van der Waals surface area contributed by atoms with Crippen molar-refractivity contribution in [3.8, 4) is 0 Å². The van der Waals surface area contributed by atoms with Crippen LogP contribution < -0.4 is 5.32 Å². The molecule has 26 heavy (non-hydrogen) atoms. The van der Waals surface area contributed by atoms with Gasteiger partial charge in [0.05, 0.1) is 0 Å². The van der Waals surface area contributed by atoms with E-state index >= 15 is 0 Å². The fraction of sp³-hybridized carbons (Fsp3) is 0.100. The Balaban J connectivity index is 1.85. The molecule has 3 aromatic rings. The summed E-state index contributed by atoms with van der Waals surface area (Å²) in [5, 5.41) is 3.41. The van der Waals surface area contributed by atoms with Crippen LogP contribution >= 0.6 is 11.6 Å². The monoisotopic (exact) mass is 369 g/mol. The summed E-state index contributed by atoms with van der Waals surface area (Å²) in [5.74, 6) is -0.222. The van der Waals surface area contributed by atoms with E-state index in [2.05, 4.69) is 10.3 Å². The normalized spacial score (nSPS) is 12.3. The molecule has 1 N–H and O–H groups in total. The molecule has 0 saturated carbocycles. The number of nitrogens with one attached hydrogen (secondary N) is 1. The van der Waals surface area contributed by atoms with E-state index in [0.717, 1.165) is 5.56 Å². The lowest BCUT2D eigenvalue weighted by molar-refractivity contribution is -0.117. The number of benzene rings is 2. The topological polar surface area (TPSA) is 46.9 Å². The van der Waals surface area contributed by atoms with Crippen LogP contribution in [0, 0.1) is 5.82 Å². The van der Waals surface area contributed by atoms with Gasteiger partial charge in [-0.1, -0.05) is 41.9 Å². The van der Waals surface area contributed by atoms with Gasteiger partial charge in [-0.15, -0.1) is 0 Å². The van der Waals surface area contributed by atoms with Crippen LogP contribution in [0.2, 0.25) is 5.02 Å². The lowest BCUT2D eigenvalue weighted by Crippen LogP contribution is -2.30. The molecule has 2 aromatic carbocycles. The van der Waals surface area contributed by atoms with Gasteiger partial charge in [0.25, 0.3) is 0 Å². The molecule has 1 aromatic heterocycles. The van der Waals surface area contributed by atoms with Crippen LogP contribution in [0.5, 0.6) is 0 Å². The average Bonchev–Trinajstić information content (AvgIpc) is 3.04. The molecule has 0 aliphatic rings. The highest BCUT2D eigenvalue weighted by Crippen LogP contribution is 2.23. The number of carbonyl (C=O) groups excluding carboxylic acids is 1. The minimum atomic E-state index is -0.701. The standard InChI is InChI=1S/C20H17ClFN3O/c1-25-12-11-23-20(25)19(16-7-2-3-8-17(16)22)24-18(26)10-9-14-5-4-6-15(21)13-14/h2-13,19H,1H3,(H,24,26)/b10-9+/t19-/m0/s1. The van der Waals surface area contributed by atoms with Gasteiger partial charge in [-0.2, -0.15) is 0 Å². The van der Waals surface area contributed by atoms with Crippen molar-refractivity contribution in [2.45, 2.75) is 6.04 Å². The van der Waals surface area contributed by atoms with Crippen molar-refractivity contribution < 1.29 is 9.18 Å². The van der Waals surface area contributed by atoms with Crippen molar-refractivity contribution in [2.24, 2.45) is 7.05 Å². The van der Waals surface area contributed by atoms with E-state index in [4.69, 9.17) is 11.6 Å². The minimum Gasteiger partial charge on any atom is -0.338 e. The average molecular weight is 370 g/mol. The second-order valence-electron chi connectivity index (χ2n) is 5.75. The smallest absolute Gasteiger partial charge is 0.244 e. The number of aromatic nitrogens is 2.